The third kappa shape index (κ3) is 7.19. The van der Waals surface area contributed by atoms with Gasteiger partial charge >= 0.3 is 0 Å². The largest absolute Gasteiger partial charge is 0.381 e. The maximum Gasteiger partial charge on any atom is 0.239 e. The quantitative estimate of drug-likeness (QED) is 0.314. The molecule has 2 heterocycles. The van der Waals surface area contributed by atoms with Gasteiger partial charge in [-0.2, -0.15) is 0 Å². The molecule has 2 rings (SSSR count). The summed E-state index contributed by atoms with van der Waals surface area (Å²) in [6.45, 7) is 10.9. The molecule has 26 heavy (non-hydrogen) atoms. The molecular weight excluding hydrogens is 445 g/mol. The molecule has 2 saturated heterocycles. The van der Waals surface area contributed by atoms with Crippen LogP contribution in [0.25, 0.3) is 0 Å². The van der Waals surface area contributed by atoms with Gasteiger partial charge in [0.05, 0.1) is 6.54 Å². The number of hydrogen-bond acceptors (Lipinski definition) is 4. The zero-order chi connectivity index (χ0) is 18.3. The van der Waals surface area contributed by atoms with Crippen LogP contribution in [-0.4, -0.2) is 74.3 Å². The lowest BCUT2D eigenvalue weighted by Gasteiger charge is -2.45. The Morgan fingerprint density at radius 1 is 1.15 bits per heavy atom. The predicted octanol–water partition coefficient (Wildman–Crippen LogP) is 1.33. The molecule has 0 aromatic carbocycles. The van der Waals surface area contributed by atoms with E-state index in [1.54, 1.807) is 7.05 Å². The molecule has 0 atom stereocenters. The highest BCUT2D eigenvalue weighted by Gasteiger charge is 2.39. The number of hydrogen-bond donors (Lipinski definition) is 3. The van der Waals surface area contributed by atoms with Crippen molar-refractivity contribution in [3.63, 3.8) is 0 Å². The molecule has 0 aromatic rings. The van der Waals surface area contributed by atoms with Gasteiger partial charge in [0, 0.05) is 37.9 Å². The van der Waals surface area contributed by atoms with E-state index >= 15 is 0 Å². The maximum absolute atomic E-state index is 12.0. The molecule has 0 unspecified atom stereocenters. The predicted molar refractivity (Wildman–Crippen MR) is 116 cm³/mol. The Hall–Kier alpha value is -0.610. The van der Waals surface area contributed by atoms with Gasteiger partial charge in [-0.05, 0) is 59.5 Å². The third-order valence-corrected chi connectivity index (χ3v) is 4.94. The minimum absolute atomic E-state index is 0. The van der Waals surface area contributed by atoms with Crippen LogP contribution < -0.4 is 16.0 Å². The Bertz CT molecular complexity index is 467. The first kappa shape index (κ1) is 23.4. The first-order valence-electron chi connectivity index (χ1n) is 9.43. The molecule has 2 fully saturated rings. The molecule has 7 nitrogen and oxygen atoms in total. The van der Waals surface area contributed by atoms with Crippen molar-refractivity contribution in [2.24, 2.45) is 4.99 Å². The van der Waals surface area contributed by atoms with Crippen molar-refractivity contribution in [1.29, 1.82) is 0 Å². The molecule has 0 aliphatic carbocycles. The summed E-state index contributed by atoms with van der Waals surface area (Å²) in [5, 5.41) is 9.50. The van der Waals surface area contributed by atoms with Crippen molar-refractivity contribution < 1.29 is 9.53 Å². The Morgan fingerprint density at radius 2 is 1.77 bits per heavy atom. The molecule has 8 heteroatoms. The Labute approximate surface area is 175 Å². The van der Waals surface area contributed by atoms with Gasteiger partial charge in [0.2, 0.25) is 5.91 Å². The average molecular weight is 481 g/mol. The summed E-state index contributed by atoms with van der Waals surface area (Å²) in [5.74, 6) is 0.643. The van der Waals surface area contributed by atoms with Crippen LogP contribution in [0.15, 0.2) is 4.99 Å². The van der Waals surface area contributed by atoms with Crippen LogP contribution in [0.4, 0.5) is 0 Å². The van der Waals surface area contributed by atoms with Crippen molar-refractivity contribution in [3.05, 3.63) is 0 Å². The lowest BCUT2D eigenvalue weighted by molar-refractivity contribution is -0.121. The van der Waals surface area contributed by atoms with E-state index < -0.39 is 0 Å². The second-order valence-electron chi connectivity index (χ2n) is 8.11. The highest BCUT2D eigenvalue weighted by molar-refractivity contribution is 14.0. The number of carbonyl (C=O) groups excluding carboxylic acids is 1. The lowest BCUT2D eigenvalue weighted by atomic mass is 9.88. The lowest BCUT2D eigenvalue weighted by Crippen LogP contribution is -2.59. The minimum atomic E-state index is -0.225. The zero-order valence-electron chi connectivity index (χ0n) is 16.7. The number of halogens is 1. The molecular formula is C18H36IN5O2. The summed E-state index contributed by atoms with van der Waals surface area (Å²) in [7, 11) is 1.74. The first-order valence-corrected chi connectivity index (χ1v) is 9.43. The molecule has 2 aliphatic heterocycles. The van der Waals surface area contributed by atoms with Gasteiger partial charge in [0.25, 0.3) is 0 Å². The van der Waals surface area contributed by atoms with E-state index in [1.165, 1.54) is 25.9 Å². The van der Waals surface area contributed by atoms with Gasteiger partial charge < -0.3 is 20.7 Å². The van der Waals surface area contributed by atoms with E-state index in [2.05, 4.69) is 25.8 Å². The van der Waals surface area contributed by atoms with Gasteiger partial charge in [-0.15, -0.1) is 24.0 Å². The standard InChI is InChI=1S/C18H35N5O2.HI/c1-17(2,3)22-15(24)13-20-16(19-4)21-14-18(7-11-25-12-8-18)23-9-5-6-10-23;/h5-14H2,1-4H3,(H,22,24)(H2,19,20,21);1H. The smallest absolute Gasteiger partial charge is 0.239 e. The molecule has 0 spiro atoms. The van der Waals surface area contributed by atoms with Crippen molar-refractivity contribution in [2.45, 2.75) is 57.5 Å². The second-order valence-corrected chi connectivity index (χ2v) is 8.11. The highest BCUT2D eigenvalue weighted by Crippen LogP contribution is 2.30. The number of aliphatic imine (C=N–C) groups is 1. The summed E-state index contributed by atoms with van der Waals surface area (Å²) in [4.78, 5) is 18.9. The first-order chi connectivity index (χ1) is 11.8. The monoisotopic (exact) mass is 481 g/mol. The Balaban J connectivity index is 0.00000338. The van der Waals surface area contributed by atoms with Gasteiger partial charge in [0.15, 0.2) is 5.96 Å². The van der Waals surface area contributed by atoms with E-state index in [0.29, 0.717) is 5.96 Å². The average Bonchev–Trinajstić information content (AvgIpc) is 3.09. The summed E-state index contributed by atoms with van der Waals surface area (Å²) < 4.78 is 5.59. The summed E-state index contributed by atoms with van der Waals surface area (Å²) in [5.41, 5.74) is -0.0857. The Morgan fingerprint density at radius 3 is 2.31 bits per heavy atom. The summed E-state index contributed by atoms with van der Waals surface area (Å²) >= 11 is 0. The highest BCUT2D eigenvalue weighted by atomic mass is 127. The van der Waals surface area contributed by atoms with E-state index in [-0.39, 0.29) is 47.5 Å². The van der Waals surface area contributed by atoms with Crippen molar-refractivity contribution >= 4 is 35.8 Å². The van der Waals surface area contributed by atoms with Gasteiger partial charge in [-0.1, -0.05) is 0 Å². The van der Waals surface area contributed by atoms with Crippen molar-refractivity contribution in [2.75, 3.05) is 46.4 Å². The molecule has 0 aromatic heterocycles. The Kier molecular flexibility index (Phi) is 9.60. The minimum Gasteiger partial charge on any atom is -0.381 e. The van der Waals surface area contributed by atoms with Crippen LogP contribution in [0.3, 0.4) is 0 Å². The van der Waals surface area contributed by atoms with Crippen LogP contribution in [-0.2, 0) is 9.53 Å². The number of carbonyl (C=O) groups is 1. The molecule has 152 valence electrons. The SMILES string of the molecule is CN=C(NCC(=O)NC(C)(C)C)NCC1(N2CCCC2)CCOCC1.I. The van der Waals surface area contributed by atoms with Gasteiger partial charge in [-0.25, -0.2) is 0 Å². The van der Waals surface area contributed by atoms with Gasteiger partial charge in [-0.3, -0.25) is 14.7 Å². The van der Waals surface area contributed by atoms with E-state index in [9.17, 15) is 4.79 Å². The van der Waals surface area contributed by atoms with Crippen LogP contribution in [0.5, 0.6) is 0 Å². The van der Waals surface area contributed by atoms with Crippen LogP contribution >= 0.6 is 24.0 Å². The molecule has 2 aliphatic rings. The number of likely N-dealkylation sites (tertiary alicyclic amines) is 1. The fourth-order valence-corrected chi connectivity index (χ4v) is 3.64. The van der Waals surface area contributed by atoms with Crippen molar-refractivity contribution in [3.8, 4) is 0 Å². The number of nitrogens with zero attached hydrogens (tertiary/aromatic N) is 2. The van der Waals surface area contributed by atoms with E-state index in [4.69, 9.17) is 4.74 Å². The third-order valence-electron chi connectivity index (χ3n) is 4.94. The fraction of sp³-hybridized carbons (Fsp3) is 0.889. The van der Waals surface area contributed by atoms with Crippen LogP contribution in [0, 0.1) is 0 Å². The molecule has 0 saturated carbocycles. The zero-order valence-corrected chi connectivity index (χ0v) is 19.0. The maximum atomic E-state index is 12.0. The molecule has 0 radical (unpaired) electrons. The normalized spacial score (nSPS) is 21.0. The summed E-state index contributed by atoms with van der Waals surface area (Å²) in [6.07, 6.45) is 4.65. The van der Waals surface area contributed by atoms with Gasteiger partial charge in [0.1, 0.15) is 0 Å². The number of guanidine groups is 1. The number of rotatable bonds is 5. The van der Waals surface area contributed by atoms with E-state index in [1.807, 2.05) is 20.8 Å². The number of amides is 1. The molecule has 3 N–H and O–H groups in total. The number of ether oxygens (including phenoxy) is 1. The fourth-order valence-electron chi connectivity index (χ4n) is 3.64. The molecule has 0 bridgehead atoms. The number of nitrogens with one attached hydrogen (secondary N) is 3. The van der Waals surface area contributed by atoms with Crippen LogP contribution in [0.2, 0.25) is 0 Å². The van der Waals surface area contributed by atoms with Crippen LogP contribution in [0.1, 0.15) is 46.5 Å². The van der Waals surface area contributed by atoms with E-state index in [0.717, 1.165) is 32.6 Å². The second kappa shape index (κ2) is 10.7. The molecule has 1 amide bonds. The van der Waals surface area contributed by atoms with Crippen molar-refractivity contribution in [1.82, 2.24) is 20.9 Å². The topological polar surface area (TPSA) is 78.0 Å². The summed E-state index contributed by atoms with van der Waals surface area (Å²) in [6, 6.07) is 0.